The average molecular weight is 354 g/mol. The Hall–Kier alpha value is -0.910. The van der Waals surface area contributed by atoms with Gasteiger partial charge in [0.2, 0.25) is 5.91 Å². The van der Waals surface area contributed by atoms with Crippen LogP contribution >= 0.6 is 15.9 Å². The molecule has 1 heterocycles. The van der Waals surface area contributed by atoms with Gasteiger partial charge in [-0.2, -0.15) is 0 Å². The number of benzene rings is 1. The number of carbonyl (C=O) groups is 1. The lowest BCUT2D eigenvalue weighted by atomic mass is 10.0. The van der Waals surface area contributed by atoms with Crippen molar-refractivity contribution >= 4 is 27.5 Å². The lowest BCUT2D eigenvalue weighted by molar-refractivity contribution is -0.118. The van der Waals surface area contributed by atoms with Crippen molar-refractivity contribution in [1.82, 2.24) is 10.2 Å². The maximum atomic E-state index is 12.2. The molecule has 1 saturated heterocycles. The van der Waals surface area contributed by atoms with E-state index in [1.165, 1.54) is 0 Å². The van der Waals surface area contributed by atoms with E-state index in [0.717, 1.165) is 49.1 Å². The largest absolute Gasteiger partial charge is 0.325 e. The molecule has 5 heteroatoms. The van der Waals surface area contributed by atoms with Gasteiger partial charge in [0.05, 0.1) is 6.54 Å². The number of anilines is 1. The predicted molar refractivity (Wildman–Crippen MR) is 90.5 cm³/mol. The molecule has 0 spiro atoms. The van der Waals surface area contributed by atoms with E-state index >= 15 is 0 Å². The zero-order chi connectivity index (χ0) is 15.1. The fraction of sp³-hybridized carbons (Fsp3) is 0.562. The number of piperidine rings is 1. The van der Waals surface area contributed by atoms with Crippen LogP contribution in [0.1, 0.15) is 26.2 Å². The van der Waals surface area contributed by atoms with Crippen LogP contribution in [0.25, 0.3) is 0 Å². The van der Waals surface area contributed by atoms with E-state index in [1.807, 2.05) is 24.3 Å². The van der Waals surface area contributed by atoms with E-state index in [4.69, 9.17) is 0 Å². The number of carbonyl (C=O) groups excluding carboxylic acids is 1. The van der Waals surface area contributed by atoms with Gasteiger partial charge in [-0.15, -0.1) is 0 Å². The molecule has 1 aliphatic heterocycles. The summed E-state index contributed by atoms with van der Waals surface area (Å²) >= 11 is 3.40. The first-order valence-corrected chi connectivity index (χ1v) is 8.48. The fourth-order valence-corrected chi connectivity index (χ4v) is 3.03. The molecule has 0 radical (unpaired) electrons. The summed E-state index contributed by atoms with van der Waals surface area (Å²) in [6.07, 6.45) is 3.34. The monoisotopic (exact) mass is 353 g/mol. The van der Waals surface area contributed by atoms with Crippen molar-refractivity contribution < 1.29 is 4.79 Å². The maximum Gasteiger partial charge on any atom is 0.238 e. The zero-order valence-electron chi connectivity index (χ0n) is 12.6. The summed E-state index contributed by atoms with van der Waals surface area (Å²) in [7, 11) is 0. The standard InChI is InChI=1S/C16H24BrN3O/c1-2-11-20(15-7-9-18-10-8-15)12-16(21)19-14-5-3-13(17)4-6-14/h3-6,15,18H,2,7-12H2,1H3,(H,19,21). The van der Waals surface area contributed by atoms with Crippen molar-refractivity contribution in [1.29, 1.82) is 0 Å². The minimum Gasteiger partial charge on any atom is -0.325 e. The van der Waals surface area contributed by atoms with Gasteiger partial charge >= 0.3 is 0 Å². The number of amides is 1. The van der Waals surface area contributed by atoms with Crippen molar-refractivity contribution in [2.24, 2.45) is 0 Å². The van der Waals surface area contributed by atoms with E-state index in [1.54, 1.807) is 0 Å². The van der Waals surface area contributed by atoms with E-state index in [2.05, 4.69) is 38.4 Å². The second kappa shape index (κ2) is 8.51. The molecule has 21 heavy (non-hydrogen) atoms. The third-order valence-corrected chi connectivity index (χ3v) is 4.34. The summed E-state index contributed by atoms with van der Waals surface area (Å²) in [6.45, 7) is 5.74. The van der Waals surface area contributed by atoms with E-state index in [9.17, 15) is 4.79 Å². The van der Waals surface area contributed by atoms with Gasteiger partial charge in [0.25, 0.3) is 0 Å². The lowest BCUT2D eigenvalue weighted by Gasteiger charge is -2.34. The highest BCUT2D eigenvalue weighted by Crippen LogP contribution is 2.15. The molecular weight excluding hydrogens is 330 g/mol. The SMILES string of the molecule is CCCN(CC(=O)Nc1ccc(Br)cc1)C1CCNCC1. The molecule has 2 rings (SSSR count). The molecular formula is C16H24BrN3O. The molecule has 1 aliphatic rings. The van der Waals surface area contributed by atoms with Crippen molar-refractivity contribution in [2.75, 3.05) is 31.5 Å². The van der Waals surface area contributed by atoms with Gasteiger partial charge < -0.3 is 10.6 Å². The maximum absolute atomic E-state index is 12.2. The number of rotatable bonds is 6. The summed E-state index contributed by atoms with van der Waals surface area (Å²) < 4.78 is 1.02. The predicted octanol–water partition coefficient (Wildman–Crippen LogP) is 2.85. The lowest BCUT2D eigenvalue weighted by Crippen LogP contribution is -2.46. The Morgan fingerprint density at radius 3 is 2.62 bits per heavy atom. The van der Waals surface area contributed by atoms with Crippen molar-refractivity contribution in [2.45, 2.75) is 32.2 Å². The zero-order valence-corrected chi connectivity index (χ0v) is 14.2. The summed E-state index contributed by atoms with van der Waals surface area (Å²) in [5.74, 6) is 0.0734. The minimum absolute atomic E-state index is 0.0734. The molecule has 116 valence electrons. The second-order valence-electron chi connectivity index (χ2n) is 5.51. The molecule has 1 fully saturated rings. The molecule has 1 amide bonds. The summed E-state index contributed by atoms with van der Waals surface area (Å²) in [6, 6.07) is 8.23. The van der Waals surface area contributed by atoms with Crippen LogP contribution in [-0.4, -0.2) is 43.0 Å². The summed E-state index contributed by atoms with van der Waals surface area (Å²) in [5, 5.41) is 6.36. The highest BCUT2D eigenvalue weighted by molar-refractivity contribution is 9.10. The van der Waals surface area contributed by atoms with E-state index in [0.29, 0.717) is 12.6 Å². The fourth-order valence-electron chi connectivity index (χ4n) is 2.77. The van der Waals surface area contributed by atoms with Gasteiger partial charge in [-0.3, -0.25) is 9.69 Å². The molecule has 4 nitrogen and oxygen atoms in total. The minimum atomic E-state index is 0.0734. The third-order valence-electron chi connectivity index (χ3n) is 3.81. The van der Waals surface area contributed by atoms with Gasteiger partial charge in [-0.05, 0) is 63.2 Å². The average Bonchev–Trinajstić information content (AvgIpc) is 2.50. The van der Waals surface area contributed by atoms with Gasteiger partial charge in [0.15, 0.2) is 0 Å². The van der Waals surface area contributed by atoms with Crippen molar-refractivity contribution in [3.8, 4) is 0 Å². The molecule has 0 bridgehead atoms. The number of halogens is 1. The Kier molecular flexibility index (Phi) is 6.67. The molecule has 0 unspecified atom stereocenters. The van der Waals surface area contributed by atoms with Crippen LogP contribution in [0.2, 0.25) is 0 Å². The van der Waals surface area contributed by atoms with Gasteiger partial charge in [0, 0.05) is 16.2 Å². The van der Waals surface area contributed by atoms with Crippen LogP contribution < -0.4 is 10.6 Å². The topological polar surface area (TPSA) is 44.4 Å². The molecule has 0 saturated carbocycles. The number of nitrogens with one attached hydrogen (secondary N) is 2. The Balaban J connectivity index is 1.89. The first-order valence-electron chi connectivity index (χ1n) is 7.69. The first kappa shape index (κ1) is 16.5. The Bertz CT molecular complexity index is 443. The highest BCUT2D eigenvalue weighted by atomic mass is 79.9. The van der Waals surface area contributed by atoms with Gasteiger partial charge in [-0.25, -0.2) is 0 Å². The molecule has 2 N–H and O–H groups in total. The third kappa shape index (κ3) is 5.41. The van der Waals surface area contributed by atoms with Crippen LogP contribution in [-0.2, 0) is 4.79 Å². The Morgan fingerprint density at radius 2 is 2.00 bits per heavy atom. The smallest absolute Gasteiger partial charge is 0.238 e. The molecule has 0 atom stereocenters. The Morgan fingerprint density at radius 1 is 1.33 bits per heavy atom. The van der Waals surface area contributed by atoms with Crippen LogP contribution in [0, 0.1) is 0 Å². The highest BCUT2D eigenvalue weighted by Gasteiger charge is 2.22. The number of hydrogen-bond acceptors (Lipinski definition) is 3. The van der Waals surface area contributed by atoms with Crippen LogP contribution in [0.5, 0.6) is 0 Å². The number of hydrogen-bond donors (Lipinski definition) is 2. The first-order chi connectivity index (χ1) is 10.2. The van der Waals surface area contributed by atoms with Gasteiger partial charge in [-0.1, -0.05) is 22.9 Å². The van der Waals surface area contributed by atoms with Crippen molar-refractivity contribution in [3.63, 3.8) is 0 Å². The van der Waals surface area contributed by atoms with Crippen LogP contribution in [0.15, 0.2) is 28.7 Å². The second-order valence-corrected chi connectivity index (χ2v) is 6.42. The molecule has 1 aromatic rings. The quantitative estimate of drug-likeness (QED) is 0.826. The Labute approximate surface area is 135 Å². The van der Waals surface area contributed by atoms with E-state index < -0.39 is 0 Å². The van der Waals surface area contributed by atoms with E-state index in [-0.39, 0.29) is 5.91 Å². The van der Waals surface area contributed by atoms with Gasteiger partial charge in [0.1, 0.15) is 0 Å². The number of nitrogens with zero attached hydrogens (tertiary/aromatic N) is 1. The van der Waals surface area contributed by atoms with Crippen LogP contribution in [0.3, 0.4) is 0 Å². The normalized spacial score (nSPS) is 16.1. The van der Waals surface area contributed by atoms with Crippen LogP contribution in [0.4, 0.5) is 5.69 Å². The molecule has 0 aliphatic carbocycles. The van der Waals surface area contributed by atoms with Crippen molar-refractivity contribution in [3.05, 3.63) is 28.7 Å². The molecule has 1 aromatic carbocycles. The molecule has 0 aromatic heterocycles. The summed E-state index contributed by atoms with van der Waals surface area (Å²) in [4.78, 5) is 14.6. The summed E-state index contributed by atoms with van der Waals surface area (Å²) in [5.41, 5.74) is 0.852.